The van der Waals surface area contributed by atoms with E-state index in [9.17, 15) is 9.18 Å². The molecule has 0 aliphatic rings. The molecule has 0 saturated carbocycles. The zero-order valence-electron chi connectivity index (χ0n) is 9.30. The fraction of sp³-hybridized carbons (Fsp3) is 0.417. The van der Waals surface area contributed by atoms with Crippen molar-refractivity contribution in [3.05, 3.63) is 34.6 Å². The fourth-order valence-electron chi connectivity index (χ4n) is 1.37. The molecule has 0 radical (unpaired) electrons. The Bertz CT molecular complexity index is 359. The van der Waals surface area contributed by atoms with Crippen LogP contribution in [0.2, 0.25) is 5.02 Å². The average Bonchev–Trinajstić information content (AvgIpc) is 2.23. The van der Waals surface area contributed by atoms with Crippen LogP contribution in [0.4, 0.5) is 4.39 Å². The summed E-state index contributed by atoms with van der Waals surface area (Å²) < 4.78 is 18.3. The Kier molecular flexibility index (Phi) is 4.90. The van der Waals surface area contributed by atoms with Gasteiger partial charge < -0.3 is 4.74 Å². The summed E-state index contributed by atoms with van der Waals surface area (Å²) in [6.45, 7) is 1.79. The zero-order valence-corrected chi connectivity index (χ0v) is 10.1. The molecule has 0 spiro atoms. The molecular weight excluding hydrogens is 231 g/mol. The summed E-state index contributed by atoms with van der Waals surface area (Å²) in [6, 6.07) is 4.39. The first-order chi connectivity index (χ1) is 7.54. The Morgan fingerprint density at radius 3 is 2.81 bits per heavy atom. The van der Waals surface area contributed by atoms with Gasteiger partial charge >= 0.3 is 0 Å². The fourth-order valence-corrected chi connectivity index (χ4v) is 1.60. The van der Waals surface area contributed by atoms with Crippen molar-refractivity contribution in [2.75, 3.05) is 7.11 Å². The summed E-state index contributed by atoms with van der Waals surface area (Å²) in [7, 11) is 1.54. The normalized spacial score (nSPS) is 12.5. The first-order valence-corrected chi connectivity index (χ1v) is 5.39. The van der Waals surface area contributed by atoms with Gasteiger partial charge in [-0.25, -0.2) is 4.39 Å². The molecule has 1 unspecified atom stereocenters. The lowest BCUT2D eigenvalue weighted by atomic mass is 10.0. The molecule has 1 aromatic carbocycles. The molecule has 1 rings (SSSR count). The van der Waals surface area contributed by atoms with Crippen LogP contribution in [-0.4, -0.2) is 19.0 Å². The number of ketones is 1. The van der Waals surface area contributed by atoms with E-state index in [1.807, 2.05) is 0 Å². The van der Waals surface area contributed by atoms with Crippen LogP contribution in [0.25, 0.3) is 0 Å². The van der Waals surface area contributed by atoms with Gasteiger partial charge in [0.15, 0.2) is 0 Å². The van der Waals surface area contributed by atoms with Gasteiger partial charge in [-0.2, -0.15) is 0 Å². The highest BCUT2D eigenvalue weighted by Crippen LogP contribution is 2.20. The zero-order chi connectivity index (χ0) is 12.1. The van der Waals surface area contributed by atoms with Crippen molar-refractivity contribution in [3.63, 3.8) is 0 Å². The van der Waals surface area contributed by atoms with E-state index in [2.05, 4.69) is 0 Å². The Labute approximate surface area is 99.4 Å². The van der Waals surface area contributed by atoms with Gasteiger partial charge in [-0.1, -0.05) is 17.7 Å². The molecule has 1 atom stereocenters. The average molecular weight is 245 g/mol. The SMILES string of the molecule is COC(C)CC(=O)Cc1c(F)cccc1Cl. The van der Waals surface area contributed by atoms with Crippen molar-refractivity contribution in [3.8, 4) is 0 Å². The number of rotatable bonds is 5. The molecule has 0 aliphatic carbocycles. The first-order valence-electron chi connectivity index (χ1n) is 5.02. The molecule has 4 heteroatoms. The minimum atomic E-state index is -0.439. The van der Waals surface area contributed by atoms with Crippen LogP contribution >= 0.6 is 11.6 Å². The minimum absolute atomic E-state index is 0.0131. The summed E-state index contributed by atoms with van der Waals surface area (Å²) in [5.41, 5.74) is 0.262. The molecule has 1 aromatic rings. The summed E-state index contributed by atoms with van der Waals surface area (Å²) in [5.74, 6) is -0.521. The summed E-state index contributed by atoms with van der Waals surface area (Å²) >= 11 is 5.82. The highest BCUT2D eigenvalue weighted by Gasteiger charge is 2.14. The standard InChI is InChI=1S/C12H14ClFO2/c1-8(16-2)6-9(15)7-10-11(13)4-3-5-12(10)14/h3-5,8H,6-7H2,1-2H3. The smallest absolute Gasteiger partial charge is 0.140 e. The van der Waals surface area contributed by atoms with Gasteiger partial charge in [0.25, 0.3) is 0 Å². The number of carbonyl (C=O) groups is 1. The molecule has 0 heterocycles. The Balaban J connectivity index is 2.70. The molecule has 0 amide bonds. The third-order valence-corrected chi connectivity index (χ3v) is 2.71. The number of Topliss-reactive ketones (excluding diaryl/α,β-unsaturated/α-hetero) is 1. The topological polar surface area (TPSA) is 26.3 Å². The van der Waals surface area contributed by atoms with E-state index < -0.39 is 5.82 Å². The monoisotopic (exact) mass is 244 g/mol. The van der Waals surface area contributed by atoms with Crippen molar-refractivity contribution in [2.24, 2.45) is 0 Å². The van der Waals surface area contributed by atoms with Crippen molar-refractivity contribution in [1.82, 2.24) is 0 Å². The maximum Gasteiger partial charge on any atom is 0.140 e. The third-order valence-electron chi connectivity index (χ3n) is 2.35. The van der Waals surface area contributed by atoms with E-state index in [0.29, 0.717) is 5.02 Å². The van der Waals surface area contributed by atoms with Crippen molar-refractivity contribution >= 4 is 17.4 Å². The van der Waals surface area contributed by atoms with E-state index in [4.69, 9.17) is 16.3 Å². The quantitative estimate of drug-likeness (QED) is 0.796. The lowest BCUT2D eigenvalue weighted by Gasteiger charge is -2.09. The summed E-state index contributed by atoms with van der Waals surface area (Å²) in [6.07, 6.45) is 0.124. The minimum Gasteiger partial charge on any atom is -0.381 e. The second-order valence-electron chi connectivity index (χ2n) is 3.67. The summed E-state index contributed by atoms with van der Waals surface area (Å²) in [4.78, 5) is 11.6. The second kappa shape index (κ2) is 5.97. The van der Waals surface area contributed by atoms with Gasteiger partial charge in [0.05, 0.1) is 6.10 Å². The maximum absolute atomic E-state index is 13.4. The number of halogens is 2. The molecule has 0 saturated heterocycles. The molecule has 88 valence electrons. The lowest BCUT2D eigenvalue weighted by Crippen LogP contribution is -2.14. The Morgan fingerprint density at radius 2 is 2.25 bits per heavy atom. The van der Waals surface area contributed by atoms with Gasteiger partial charge in [0.1, 0.15) is 11.6 Å². The van der Waals surface area contributed by atoms with E-state index in [0.717, 1.165) is 0 Å². The number of methoxy groups -OCH3 is 1. The maximum atomic E-state index is 13.4. The molecule has 0 bridgehead atoms. The molecule has 0 fully saturated rings. The Hall–Kier alpha value is -0.930. The van der Waals surface area contributed by atoms with Crippen LogP contribution in [0.15, 0.2) is 18.2 Å². The predicted octanol–water partition coefficient (Wildman–Crippen LogP) is 3.02. The van der Waals surface area contributed by atoms with Crippen molar-refractivity contribution < 1.29 is 13.9 Å². The molecule has 0 aliphatic heterocycles. The van der Waals surface area contributed by atoms with Crippen LogP contribution in [0.1, 0.15) is 18.9 Å². The number of benzene rings is 1. The third kappa shape index (κ3) is 3.58. The van der Waals surface area contributed by atoms with Crippen LogP contribution in [0.3, 0.4) is 0 Å². The van der Waals surface area contributed by atoms with Gasteiger partial charge in [-0.3, -0.25) is 4.79 Å². The van der Waals surface area contributed by atoms with Gasteiger partial charge in [-0.05, 0) is 19.1 Å². The summed E-state index contributed by atoms with van der Waals surface area (Å²) in [5, 5.41) is 0.290. The highest BCUT2D eigenvalue weighted by atomic mass is 35.5. The van der Waals surface area contributed by atoms with Crippen LogP contribution in [-0.2, 0) is 16.0 Å². The predicted molar refractivity (Wildman–Crippen MR) is 61.2 cm³/mol. The van der Waals surface area contributed by atoms with Crippen LogP contribution in [0.5, 0.6) is 0 Å². The number of hydrogen-bond acceptors (Lipinski definition) is 2. The molecule has 0 N–H and O–H groups in total. The molecule has 0 aromatic heterocycles. The Morgan fingerprint density at radius 1 is 1.56 bits per heavy atom. The van der Waals surface area contributed by atoms with Gasteiger partial charge in [0, 0.05) is 30.5 Å². The molecule has 16 heavy (non-hydrogen) atoms. The lowest BCUT2D eigenvalue weighted by molar-refractivity contribution is -0.120. The highest BCUT2D eigenvalue weighted by molar-refractivity contribution is 6.31. The number of carbonyl (C=O) groups excluding carboxylic acids is 1. The van der Waals surface area contributed by atoms with Crippen molar-refractivity contribution in [1.29, 1.82) is 0 Å². The van der Waals surface area contributed by atoms with E-state index in [1.54, 1.807) is 13.0 Å². The van der Waals surface area contributed by atoms with E-state index in [-0.39, 0.29) is 30.3 Å². The van der Waals surface area contributed by atoms with E-state index >= 15 is 0 Å². The van der Waals surface area contributed by atoms with E-state index in [1.165, 1.54) is 19.2 Å². The molecule has 2 nitrogen and oxygen atoms in total. The van der Waals surface area contributed by atoms with Crippen molar-refractivity contribution in [2.45, 2.75) is 25.9 Å². The first kappa shape index (κ1) is 13.1. The van der Waals surface area contributed by atoms with Crippen LogP contribution in [0, 0.1) is 5.82 Å². The molecular formula is C12H14ClFO2. The van der Waals surface area contributed by atoms with Crippen LogP contribution < -0.4 is 0 Å². The van der Waals surface area contributed by atoms with Gasteiger partial charge in [0.2, 0.25) is 0 Å². The second-order valence-corrected chi connectivity index (χ2v) is 4.07. The number of hydrogen-bond donors (Lipinski definition) is 0. The largest absolute Gasteiger partial charge is 0.381 e. The number of ether oxygens (including phenoxy) is 1. The van der Waals surface area contributed by atoms with Gasteiger partial charge in [-0.15, -0.1) is 0 Å².